The van der Waals surface area contributed by atoms with E-state index in [0.717, 1.165) is 32.6 Å². The molecule has 2 N–H and O–H groups in total. The van der Waals surface area contributed by atoms with Crippen molar-refractivity contribution in [2.24, 2.45) is 0 Å². The van der Waals surface area contributed by atoms with E-state index in [1.807, 2.05) is 0 Å². The van der Waals surface area contributed by atoms with E-state index >= 15 is 0 Å². The maximum Gasteiger partial charge on any atom is 0.0373 e. The van der Waals surface area contributed by atoms with E-state index in [2.05, 4.69) is 47.8 Å². The summed E-state index contributed by atoms with van der Waals surface area (Å²) in [4.78, 5) is 2.23. The van der Waals surface area contributed by atoms with Crippen LogP contribution in [0.3, 0.4) is 0 Å². The number of fused-ring (bicyclic) bond motifs is 1. The normalized spacial score (nSPS) is 13.7. The molecule has 0 bridgehead atoms. The summed E-state index contributed by atoms with van der Waals surface area (Å²) < 4.78 is 0. The van der Waals surface area contributed by atoms with Crippen LogP contribution in [0.25, 0.3) is 0 Å². The maximum atomic E-state index is 3.51. The van der Waals surface area contributed by atoms with Gasteiger partial charge >= 0.3 is 0 Å². The van der Waals surface area contributed by atoms with E-state index in [9.17, 15) is 0 Å². The molecule has 1 aliphatic heterocycles. The predicted octanol–water partition coefficient (Wildman–Crippen LogP) is 1.74. The molecule has 0 amide bonds. The highest BCUT2D eigenvalue weighted by molar-refractivity contribution is 5.56. The zero-order valence-electron chi connectivity index (χ0n) is 11.6. The Morgan fingerprint density at radius 3 is 3.00 bits per heavy atom. The largest absolute Gasteiger partial charge is 0.384 e. The Morgan fingerprint density at radius 2 is 2.17 bits per heavy atom. The van der Waals surface area contributed by atoms with Gasteiger partial charge in [0.05, 0.1) is 0 Å². The van der Waals surface area contributed by atoms with E-state index in [1.54, 1.807) is 0 Å². The molecule has 1 aromatic rings. The minimum Gasteiger partial charge on any atom is -0.384 e. The van der Waals surface area contributed by atoms with Gasteiger partial charge in [0, 0.05) is 12.2 Å². The van der Waals surface area contributed by atoms with Gasteiger partial charge in [-0.05, 0) is 70.2 Å². The molecule has 0 unspecified atom stereocenters. The highest BCUT2D eigenvalue weighted by Gasteiger charge is 2.09. The van der Waals surface area contributed by atoms with Gasteiger partial charge in [-0.15, -0.1) is 0 Å². The summed E-state index contributed by atoms with van der Waals surface area (Å²) in [5.74, 6) is 0. The summed E-state index contributed by atoms with van der Waals surface area (Å²) in [5.41, 5.74) is 4.27. The third-order valence-corrected chi connectivity index (χ3v) is 3.43. The topological polar surface area (TPSA) is 27.3 Å². The molecule has 1 aliphatic rings. The molecule has 1 heterocycles. The first-order valence-electron chi connectivity index (χ1n) is 6.97. The van der Waals surface area contributed by atoms with Crippen LogP contribution in [0.4, 0.5) is 5.69 Å². The van der Waals surface area contributed by atoms with Gasteiger partial charge in [0.1, 0.15) is 0 Å². The lowest BCUT2D eigenvalue weighted by molar-refractivity contribution is 0.395. The first-order valence-corrected chi connectivity index (χ1v) is 6.97. The quantitative estimate of drug-likeness (QED) is 0.719. The Kier molecular flexibility index (Phi) is 5.02. The number of rotatable bonds is 7. The molecule has 0 fully saturated rings. The minimum absolute atomic E-state index is 1.08. The van der Waals surface area contributed by atoms with Crippen LogP contribution >= 0.6 is 0 Å². The van der Waals surface area contributed by atoms with Crippen LogP contribution < -0.4 is 10.6 Å². The molecule has 0 aliphatic carbocycles. The maximum absolute atomic E-state index is 3.51. The number of benzene rings is 1. The van der Waals surface area contributed by atoms with Crippen LogP contribution in [0.2, 0.25) is 0 Å². The molecule has 0 saturated carbocycles. The SMILES string of the molecule is CN(C)CCCNCCc1ccc2c(c1)CCN2. The first-order chi connectivity index (χ1) is 8.75. The van der Waals surface area contributed by atoms with Crippen molar-refractivity contribution in [3.8, 4) is 0 Å². The fourth-order valence-electron chi connectivity index (χ4n) is 2.39. The van der Waals surface area contributed by atoms with Gasteiger partial charge in [0.2, 0.25) is 0 Å². The van der Waals surface area contributed by atoms with E-state index in [-0.39, 0.29) is 0 Å². The summed E-state index contributed by atoms with van der Waals surface area (Å²) in [6, 6.07) is 6.83. The van der Waals surface area contributed by atoms with Crippen LogP contribution in [-0.2, 0) is 12.8 Å². The second-order valence-electron chi connectivity index (χ2n) is 5.33. The summed E-state index contributed by atoms with van der Waals surface area (Å²) in [5, 5.41) is 6.92. The van der Waals surface area contributed by atoms with E-state index < -0.39 is 0 Å². The second kappa shape index (κ2) is 6.76. The second-order valence-corrected chi connectivity index (χ2v) is 5.33. The van der Waals surface area contributed by atoms with Crippen molar-refractivity contribution in [1.29, 1.82) is 0 Å². The van der Waals surface area contributed by atoms with Crippen LogP contribution in [0.15, 0.2) is 18.2 Å². The van der Waals surface area contributed by atoms with Crippen molar-refractivity contribution in [2.75, 3.05) is 45.6 Å². The Morgan fingerprint density at radius 1 is 1.28 bits per heavy atom. The number of nitrogens with one attached hydrogen (secondary N) is 2. The van der Waals surface area contributed by atoms with Crippen molar-refractivity contribution in [1.82, 2.24) is 10.2 Å². The van der Waals surface area contributed by atoms with Crippen molar-refractivity contribution in [2.45, 2.75) is 19.3 Å². The molecule has 3 heteroatoms. The summed E-state index contributed by atoms with van der Waals surface area (Å²) in [7, 11) is 4.25. The van der Waals surface area contributed by atoms with Gasteiger partial charge in [-0.2, -0.15) is 0 Å². The van der Waals surface area contributed by atoms with Crippen LogP contribution in [0, 0.1) is 0 Å². The standard InChI is InChI=1S/C15H25N3/c1-18(2)11-3-8-16-9-6-13-4-5-15-14(12-13)7-10-17-15/h4-5,12,16-17H,3,6-11H2,1-2H3. The van der Waals surface area contributed by atoms with E-state index in [1.165, 1.54) is 29.7 Å². The fraction of sp³-hybridized carbons (Fsp3) is 0.600. The molecular weight excluding hydrogens is 222 g/mol. The lowest BCUT2D eigenvalue weighted by Gasteiger charge is -2.10. The average molecular weight is 247 g/mol. The molecule has 0 radical (unpaired) electrons. The zero-order chi connectivity index (χ0) is 12.8. The molecule has 0 atom stereocenters. The first kappa shape index (κ1) is 13.4. The average Bonchev–Trinajstić information content (AvgIpc) is 2.80. The Bertz CT molecular complexity index is 374. The molecule has 1 aromatic carbocycles. The molecule has 0 aromatic heterocycles. The summed E-state index contributed by atoms with van der Waals surface area (Å²) >= 11 is 0. The van der Waals surface area contributed by atoms with Gasteiger partial charge in [-0.3, -0.25) is 0 Å². The lowest BCUT2D eigenvalue weighted by atomic mass is 10.1. The molecule has 18 heavy (non-hydrogen) atoms. The highest BCUT2D eigenvalue weighted by atomic mass is 15.0. The third-order valence-electron chi connectivity index (χ3n) is 3.43. The Labute approximate surface area is 111 Å². The van der Waals surface area contributed by atoms with Crippen LogP contribution in [0.1, 0.15) is 17.5 Å². The Hall–Kier alpha value is -1.06. The Balaban J connectivity index is 1.65. The number of nitrogens with zero attached hydrogens (tertiary/aromatic N) is 1. The summed E-state index contributed by atoms with van der Waals surface area (Å²) in [6.45, 7) is 4.46. The number of hydrogen-bond donors (Lipinski definition) is 2. The third kappa shape index (κ3) is 4.00. The van der Waals surface area contributed by atoms with E-state index in [0.29, 0.717) is 0 Å². The number of anilines is 1. The van der Waals surface area contributed by atoms with Gasteiger partial charge in [-0.25, -0.2) is 0 Å². The predicted molar refractivity (Wildman–Crippen MR) is 78.4 cm³/mol. The highest BCUT2D eigenvalue weighted by Crippen LogP contribution is 2.22. The smallest absolute Gasteiger partial charge is 0.0373 e. The van der Waals surface area contributed by atoms with Crippen molar-refractivity contribution in [3.63, 3.8) is 0 Å². The molecular formula is C15H25N3. The molecule has 0 saturated heterocycles. The van der Waals surface area contributed by atoms with E-state index in [4.69, 9.17) is 0 Å². The van der Waals surface area contributed by atoms with Gasteiger partial charge < -0.3 is 15.5 Å². The van der Waals surface area contributed by atoms with Gasteiger partial charge in [0.25, 0.3) is 0 Å². The molecule has 100 valence electrons. The summed E-state index contributed by atoms with van der Waals surface area (Å²) in [6.07, 6.45) is 3.54. The lowest BCUT2D eigenvalue weighted by Crippen LogP contribution is -2.23. The zero-order valence-corrected chi connectivity index (χ0v) is 11.6. The van der Waals surface area contributed by atoms with Crippen LogP contribution in [-0.4, -0.2) is 45.2 Å². The number of hydrogen-bond acceptors (Lipinski definition) is 3. The van der Waals surface area contributed by atoms with Crippen molar-refractivity contribution in [3.05, 3.63) is 29.3 Å². The minimum atomic E-state index is 1.08. The van der Waals surface area contributed by atoms with Gasteiger partial charge in [-0.1, -0.05) is 12.1 Å². The van der Waals surface area contributed by atoms with Crippen molar-refractivity contribution < 1.29 is 0 Å². The van der Waals surface area contributed by atoms with Crippen molar-refractivity contribution >= 4 is 5.69 Å². The molecule has 0 spiro atoms. The fourth-order valence-corrected chi connectivity index (χ4v) is 2.39. The monoisotopic (exact) mass is 247 g/mol. The molecule has 3 nitrogen and oxygen atoms in total. The molecule has 2 rings (SSSR count). The van der Waals surface area contributed by atoms with Gasteiger partial charge in [0.15, 0.2) is 0 Å². The van der Waals surface area contributed by atoms with Crippen LogP contribution in [0.5, 0.6) is 0 Å².